The first-order valence-corrected chi connectivity index (χ1v) is 3.94. The minimum atomic E-state index is -0.539. The smallest absolute Gasteiger partial charge is 0.243 e. The Kier molecular flexibility index (Phi) is 1.54. The number of aliphatic hydroxyl groups excluding tert-OH is 1. The number of carbonyl (C=O) groups is 2. The first-order chi connectivity index (χ1) is 5.68. The summed E-state index contributed by atoms with van der Waals surface area (Å²) in [4.78, 5) is 23.8. The van der Waals surface area contributed by atoms with Crippen molar-refractivity contribution in [1.29, 1.82) is 0 Å². The Hall–Kier alpha value is -1.10. The molecule has 0 aromatic rings. The van der Waals surface area contributed by atoms with Gasteiger partial charge in [0.1, 0.15) is 6.04 Å². The molecule has 0 saturated carbocycles. The number of hydrogen-bond acceptors (Lipinski definition) is 3. The molecule has 0 unspecified atom stereocenters. The highest BCUT2D eigenvalue weighted by Crippen LogP contribution is 2.19. The van der Waals surface area contributed by atoms with Gasteiger partial charge in [0.25, 0.3) is 0 Å². The van der Waals surface area contributed by atoms with Gasteiger partial charge in [-0.15, -0.1) is 0 Å². The van der Waals surface area contributed by atoms with Crippen LogP contribution < -0.4 is 5.32 Å². The summed E-state index contributed by atoms with van der Waals surface area (Å²) in [6, 6.07) is -0.429. The van der Waals surface area contributed by atoms with Crippen LogP contribution in [-0.2, 0) is 9.59 Å². The van der Waals surface area contributed by atoms with E-state index in [1.54, 1.807) is 0 Å². The Balaban J connectivity index is 2.20. The van der Waals surface area contributed by atoms with Gasteiger partial charge < -0.3 is 15.3 Å². The third-order valence-corrected chi connectivity index (χ3v) is 2.32. The van der Waals surface area contributed by atoms with E-state index in [4.69, 9.17) is 0 Å². The number of carbonyl (C=O) groups excluding carboxylic acids is 2. The fourth-order valence-electron chi connectivity index (χ4n) is 1.72. The molecule has 12 heavy (non-hydrogen) atoms. The van der Waals surface area contributed by atoms with E-state index >= 15 is 0 Å². The van der Waals surface area contributed by atoms with Gasteiger partial charge in [-0.1, -0.05) is 0 Å². The molecule has 2 amide bonds. The van der Waals surface area contributed by atoms with Gasteiger partial charge in [0.15, 0.2) is 0 Å². The van der Waals surface area contributed by atoms with E-state index in [-0.39, 0.29) is 18.4 Å². The van der Waals surface area contributed by atoms with Crippen LogP contribution in [0.1, 0.15) is 6.42 Å². The Bertz CT molecular complexity index is 217. The largest absolute Gasteiger partial charge is 0.391 e. The minimum Gasteiger partial charge on any atom is -0.391 e. The summed E-state index contributed by atoms with van der Waals surface area (Å²) in [5.41, 5.74) is 0. The first kappa shape index (κ1) is 7.54. The van der Waals surface area contributed by atoms with Gasteiger partial charge >= 0.3 is 0 Å². The standard InChI is InChI=1S/C7H10N2O3/c10-4-1-5-7(12)8-2-6(11)9(5)3-4/h4-5,10H,1-3H2,(H,8,12)/t4-,5-/m1/s1. The molecular weight excluding hydrogens is 160 g/mol. The molecule has 2 rings (SSSR count). The van der Waals surface area contributed by atoms with Crippen molar-refractivity contribution < 1.29 is 14.7 Å². The van der Waals surface area contributed by atoms with Crippen LogP contribution in [0.25, 0.3) is 0 Å². The molecule has 66 valence electrons. The monoisotopic (exact) mass is 170 g/mol. The first-order valence-electron chi connectivity index (χ1n) is 3.94. The van der Waals surface area contributed by atoms with Crippen molar-refractivity contribution in [3.05, 3.63) is 0 Å². The van der Waals surface area contributed by atoms with E-state index in [0.717, 1.165) is 0 Å². The predicted molar refractivity (Wildman–Crippen MR) is 39.1 cm³/mol. The lowest BCUT2D eigenvalue weighted by atomic mass is 10.1. The van der Waals surface area contributed by atoms with Crippen LogP contribution in [-0.4, -0.2) is 47.1 Å². The maximum Gasteiger partial charge on any atom is 0.243 e. The second-order valence-corrected chi connectivity index (χ2v) is 3.17. The maximum absolute atomic E-state index is 11.2. The highest BCUT2D eigenvalue weighted by Gasteiger charge is 2.41. The molecule has 0 bridgehead atoms. The van der Waals surface area contributed by atoms with Crippen molar-refractivity contribution in [2.75, 3.05) is 13.1 Å². The van der Waals surface area contributed by atoms with Crippen LogP contribution >= 0.6 is 0 Å². The van der Waals surface area contributed by atoms with Crippen molar-refractivity contribution in [2.45, 2.75) is 18.6 Å². The van der Waals surface area contributed by atoms with Gasteiger partial charge in [-0.3, -0.25) is 9.59 Å². The fourth-order valence-corrected chi connectivity index (χ4v) is 1.72. The Morgan fingerprint density at radius 3 is 2.92 bits per heavy atom. The molecule has 2 N–H and O–H groups in total. The van der Waals surface area contributed by atoms with Crippen LogP contribution in [0, 0.1) is 0 Å². The molecule has 2 aliphatic rings. The van der Waals surface area contributed by atoms with Crippen molar-refractivity contribution in [3.8, 4) is 0 Å². The number of rotatable bonds is 0. The summed E-state index contributed by atoms with van der Waals surface area (Å²) in [7, 11) is 0. The van der Waals surface area contributed by atoms with Crippen LogP contribution in [0.15, 0.2) is 0 Å². The van der Waals surface area contributed by atoms with E-state index in [0.29, 0.717) is 13.0 Å². The van der Waals surface area contributed by atoms with Gasteiger partial charge in [0, 0.05) is 13.0 Å². The second kappa shape index (κ2) is 2.45. The zero-order valence-electron chi connectivity index (χ0n) is 6.49. The Morgan fingerprint density at radius 1 is 1.50 bits per heavy atom. The highest BCUT2D eigenvalue weighted by atomic mass is 16.3. The summed E-state index contributed by atoms with van der Waals surface area (Å²) in [6.45, 7) is 0.374. The van der Waals surface area contributed by atoms with E-state index in [1.807, 2.05) is 0 Å². The third kappa shape index (κ3) is 0.972. The Labute approximate surface area is 69.3 Å². The zero-order valence-corrected chi connectivity index (χ0v) is 6.49. The van der Waals surface area contributed by atoms with Crippen LogP contribution in [0.3, 0.4) is 0 Å². The van der Waals surface area contributed by atoms with Gasteiger partial charge in [-0.05, 0) is 0 Å². The van der Waals surface area contributed by atoms with Gasteiger partial charge in [-0.25, -0.2) is 0 Å². The van der Waals surface area contributed by atoms with Gasteiger partial charge in [-0.2, -0.15) is 0 Å². The van der Waals surface area contributed by atoms with Gasteiger partial charge in [0.05, 0.1) is 12.6 Å². The molecule has 2 saturated heterocycles. The number of aliphatic hydroxyl groups is 1. The lowest BCUT2D eigenvalue weighted by Gasteiger charge is -2.28. The van der Waals surface area contributed by atoms with Crippen molar-refractivity contribution in [1.82, 2.24) is 10.2 Å². The normalized spacial score (nSPS) is 34.9. The molecule has 0 aromatic carbocycles. The van der Waals surface area contributed by atoms with E-state index in [1.165, 1.54) is 4.90 Å². The van der Waals surface area contributed by atoms with Gasteiger partial charge in [0.2, 0.25) is 11.8 Å². The molecular formula is C7H10N2O3. The Morgan fingerprint density at radius 2 is 2.25 bits per heavy atom. The number of nitrogens with one attached hydrogen (secondary N) is 1. The SMILES string of the molecule is O=C1NCC(=O)N2C[C@H](O)C[C@H]12. The maximum atomic E-state index is 11.2. The van der Waals surface area contributed by atoms with E-state index in [9.17, 15) is 14.7 Å². The molecule has 0 aromatic heterocycles. The summed E-state index contributed by atoms with van der Waals surface area (Å²) in [5.74, 6) is -0.248. The zero-order chi connectivity index (χ0) is 8.72. The average molecular weight is 170 g/mol. The van der Waals surface area contributed by atoms with Crippen LogP contribution in [0.5, 0.6) is 0 Å². The molecule has 2 heterocycles. The summed E-state index contributed by atoms with van der Waals surface area (Å²) < 4.78 is 0. The fraction of sp³-hybridized carbons (Fsp3) is 0.714. The number of piperazine rings is 1. The lowest BCUT2D eigenvalue weighted by Crippen LogP contribution is -2.55. The quantitative estimate of drug-likeness (QED) is 0.445. The molecule has 2 atom stereocenters. The molecule has 2 aliphatic heterocycles. The highest BCUT2D eigenvalue weighted by molar-refractivity contribution is 5.95. The minimum absolute atomic E-state index is 0.0715. The number of amides is 2. The van der Waals surface area contributed by atoms with Crippen LogP contribution in [0.2, 0.25) is 0 Å². The van der Waals surface area contributed by atoms with Crippen molar-refractivity contribution in [2.24, 2.45) is 0 Å². The lowest BCUT2D eigenvalue weighted by molar-refractivity contribution is -0.143. The molecule has 0 spiro atoms. The van der Waals surface area contributed by atoms with E-state index < -0.39 is 12.1 Å². The number of nitrogens with zero attached hydrogens (tertiary/aromatic N) is 1. The predicted octanol–water partition coefficient (Wildman–Crippen LogP) is -1.92. The third-order valence-electron chi connectivity index (χ3n) is 2.32. The van der Waals surface area contributed by atoms with Crippen LogP contribution in [0.4, 0.5) is 0 Å². The average Bonchev–Trinajstić information content (AvgIpc) is 2.41. The molecule has 0 radical (unpaired) electrons. The van der Waals surface area contributed by atoms with Crippen molar-refractivity contribution >= 4 is 11.8 Å². The number of hydrogen-bond donors (Lipinski definition) is 2. The summed E-state index contributed by atoms with van der Waals surface area (Å²) in [6.07, 6.45) is -0.166. The topological polar surface area (TPSA) is 69.6 Å². The van der Waals surface area contributed by atoms with E-state index in [2.05, 4.69) is 5.32 Å². The van der Waals surface area contributed by atoms with Crippen molar-refractivity contribution in [3.63, 3.8) is 0 Å². The summed E-state index contributed by atoms with van der Waals surface area (Å²) in [5, 5.41) is 11.7. The molecule has 5 heteroatoms. The second-order valence-electron chi connectivity index (χ2n) is 3.17. The number of fused-ring (bicyclic) bond motifs is 1. The molecule has 2 fully saturated rings. The summed E-state index contributed by atoms with van der Waals surface area (Å²) >= 11 is 0. The molecule has 5 nitrogen and oxygen atoms in total. The molecule has 0 aliphatic carbocycles.